The molecule has 0 spiro atoms. The van der Waals surface area contributed by atoms with Crippen LogP contribution in [-0.4, -0.2) is 42.1 Å². The second-order valence-electron chi connectivity index (χ2n) is 8.62. The van der Waals surface area contributed by atoms with E-state index in [4.69, 9.17) is 4.74 Å². The normalized spacial score (nSPS) is 14.9. The highest BCUT2D eigenvalue weighted by Crippen LogP contribution is 2.24. The van der Waals surface area contributed by atoms with Gasteiger partial charge in [-0.3, -0.25) is 4.79 Å². The van der Waals surface area contributed by atoms with E-state index in [9.17, 15) is 14.4 Å². The van der Waals surface area contributed by atoms with Gasteiger partial charge in [-0.2, -0.15) is 0 Å². The maximum absolute atomic E-state index is 12.1. The van der Waals surface area contributed by atoms with Crippen LogP contribution >= 0.6 is 0 Å². The lowest BCUT2D eigenvalue weighted by atomic mass is 9.95. The molecule has 32 heavy (non-hydrogen) atoms. The average Bonchev–Trinajstić information content (AvgIpc) is 2.76. The number of esters is 1. The van der Waals surface area contributed by atoms with Gasteiger partial charge in [0, 0.05) is 19.1 Å². The Labute approximate surface area is 189 Å². The Balaban J connectivity index is 0.000000235. The van der Waals surface area contributed by atoms with Gasteiger partial charge in [0.15, 0.2) is 0 Å². The van der Waals surface area contributed by atoms with Gasteiger partial charge in [-0.1, -0.05) is 36.4 Å². The molecule has 2 amide bonds. The number of carbonyl (C=O) groups excluding carboxylic acids is 3. The van der Waals surface area contributed by atoms with Crippen LogP contribution in [-0.2, 0) is 33.8 Å². The quantitative estimate of drug-likeness (QED) is 0.572. The summed E-state index contributed by atoms with van der Waals surface area (Å²) in [4.78, 5) is 35.0. The summed E-state index contributed by atoms with van der Waals surface area (Å²) in [5, 5.41) is 2.53. The number of rotatable bonds is 4. The molecule has 1 aliphatic heterocycles. The van der Waals surface area contributed by atoms with Gasteiger partial charge in [0.05, 0.1) is 12.7 Å². The molecule has 172 valence electrons. The third-order valence-electron chi connectivity index (χ3n) is 4.90. The van der Waals surface area contributed by atoms with Crippen LogP contribution in [0.4, 0.5) is 4.79 Å². The average molecular weight is 441 g/mol. The first-order valence-corrected chi connectivity index (χ1v) is 10.5. The Morgan fingerprint density at radius 3 is 2.28 bits per heavy atom. The van der Waals surface area contributed by atoms with Gasteiger partial charge in [0.25, 0.3) is 0 Å². The number of nitrogens with one attached hydrogen (secondary N) is 1. The number of ether oxygens (including phenoxy) is 2. The fourth-order valence-corrected chi connectivity index (χ4v) is 3.28. The monoisotopic (exact) mass is 440 g/mol. The summed E-state index contributed by atoms with van der Waals surface area (Å²) in [6, 6.07) is 15.3. The summed E-state index contributed by atoms with van der Waals surface area (Å²) in [5.41, 5.74) is 3.56. The number of nitrogens with zero attached hydrogens (tertiary/aromatic N) is 1. The number of hydrogen-bond donors (Lipinski definition) is 1. The van der Waals surface area contributed by atoms with E-state index in [2.05, 4.69) is 35.2 Å². The molecule has 0 radical (unpaired) electrons. The van der Waals surface area contributed by atoms with E-state index in [1.807, 2.05) is 31.7 Å². The summed E-state index contributed by atoms with van der Waals surface area (Å²) >= 11 is 0. The zero-order chi connectivity index (χ0) is 23.7. The number of carbonyl (C=O) groups is 3. The van der Waals surface area contributed by atoms with Crippen molar-refractivity contribution in [3.8, 4) is 0 Å². The van der Waals surface area contributed by atoms with E-state index in [0.29, 0.717) is 25.1 Å². The molecule has 1 unspecified atom stereocenters. The van der Waals surface area contributed by atoms with Gasteiger partial charge >= 0.3 is 12.1 Å². The third kappa shape index (κ3) is 7.41. The molecular weight excluding hydrogens is 408 g/mol. The van der Waals surface area contributed by atoms with Gasteiger partial charge < -0.3 is 19.7 Å². The molecule has 1 atom stereocenters. The van der Waals surface area contributed by atoms with Crippen LogP contribution in [0.1, 0.15) is 54.7 Å². The van der Waals surface area contributed by atoms with Gasteiger partial charge in [-0.15, -0.1) is 0 Å². The standard InChI is InChI=1S/C15H21NO2.C10H11NO3/c1-11-9-12-7-5-6-8-13(12)10-16(11)14(17)18-15(2,3)4;1-14-10(13)9-4-2-8(3-5-9)6-11-7-12/h5-8,11H,9-10H2,1-4H3;2-5,7H,6H2,1H3,(H,11,12). The number of amides is 2. The molecule has 2 aromatic rings. The topological polar surface area (TPSA) is 84.9 Å². The van der Waals surface area contributed by atoms with Crippen molar-refractivity contribution < 1.29 is 23.9 Å². The molecule has 0 bridgehead atoms. The fraction of sp³-hybridized carbons (Fsp3) is 0.400. The lowest BCUT2D eigenvalue weighted by molar-refractivity contribution is -0.109. The molecule has 1 heterocycles. The summed E-state index contributed by atoms with van der Waals surface area (Å²) in [7, 11) is 1.34. The highest BCUT2D eigenvalue weighted by Gasteiger charge is 2.30. The molecule has 3 rings (SSSR count). The molecule has 0 saturated carbocycles. The molecule has 7 nitrogen and oxygen atoms in total. The van der Waals surface area contributed by atoms with Crippen molar-refractivity contribution in [3.63, 3.8) is 0 Å². The SMILES string of the molecule is CC1Cc2ccccc2CN1C(=O)OC(C)(C)C.COC(=O)c1ccc(CNC=O)cc1. The summed E-state index contributed by atoms with van der Waals surface area (Å²) in [6.07, 6.45) is 1.31. The van der Waals surface area contributed by atoms with Gasteiger partial charge in [-0.25, -0.2) is 9.59 Å². The van der Waals surface area contributed by atoms with E-state index >= 15 is 0 Å². The minimum absolute atomic E-state index is 0.190. The van der Waals surface area contributed by atoms with Crippen LogP contribution in [0.5, 0.6) is 0 Å². The fourth-order valence-electron chi connectivity index (χ4n) is 3.28. The van der Waals surface area contributed by atoms with Crippen molar-refractivity contribution >= 4 is 18.5 Å². The van der Waals surface area contributed by atoms with E-state index in [1.54, 1.807) is 24.3 Å². The number of methoxy groups -OCH3 is 1. The van der Waals surface area contributed by atoms with Crippen LogP contribution in [0, 0.1) is 0 Å². The largest absolute Gasteiger partial charge is 0.465 e. The molecule has 7 heteroatoms. The van der Waals surface area contributed by atoms with E-state index < -0.39 is 5.60 Å². The summed E-state index contributed by atoms with van der Waals surface area (Å²) in [5.74, 6) is -0.361. The molecule has 0 aromatic heterocycles. The maximum atomic E-state index is 12.1. The predicted octanol–water partition coefficient (Wildman–Crippen LogP) is 4.09. The number of benzene rings is 2. The molecular formula is C25H32N2O5. The lowest BCUT2D eigenvalue weighted by Gasteiger charge is -2.36. The van der Waals surface area contributed by atoms with Crippen molar-refractivity contribution in [1.82, 2.24) is 10.2 Å². The molecule has 1 N–H and O–H groups in total. The smallest absolute Gasteiger partial charge is 0.410 e. The maximum Gasteiger partial charge on any atom is 0.410 e. The Bertz CT molecular complexity index is 919. The predicted molar refractivity (Wildman–Crippen MR) is 122 cm³/mol. The Hall–Kier alpha value is -3.35. The van der Waals surface area contributed by atoms with E-state index in [1.165, 1.54) is 18.2 Å². The summed E-state index contributed by atoms with van der Waals surface area (Å²) < 4.78 is 10.00. The lowest BCUT2D eigenvalue weighted by Crippen LogP contribution is -2.45. The highest BCUT2D eigenvalue weighted by molar-refractivity contribution is 5.89. The molecule has 2 aromatic carbocycles. The van der Waals surface area contributed by atoms with Gasteiger partial charge in [-0.05, 0) is 62.9 Å². The number of fused-ring (bicyclic) bond motifs is 1. The van der Waals surface area contributed by atoms with Crippen molar-refractivity contribution in [1.29, 1.82) is 0 Å². The molecule has 0 fully saturated rings. The Morgan fingerprint density at radius 2 is 1.72 bits per heavy atom. The molecule has 0 aliphatic carbocycles. The molecule has 0 saturated heterocycles. The van der Waals surface area contributed by atoms with Crippen LogP contribution in [0.25, 0.3) is 0 Å². The van der Waals surface area contributed by atoms with Crippen molar-refractivity contribution in [2.45, 2.75) is 58.8 Å². The van der Waals surface area contributed by atoms with Crippen molar-refractivity contribution in [2.24, 2.45) is 0 Å². The van der Waals surface area contributed by atoms with Crippen LogP contribution in [0.2, 0.25) is 0 Å². The van der Waals surface area contributed by atoms with Crippen LogP contribution in [0.15, 0.2) is 48.5 Å². The van der Waals surface area contributed by atoms with E-state index in [-0.39, 0.29) is 18.1 Å². The first-order chi connectivity index (χ1) is 15.1. The van der Waals surface area contributed by atoms with Crippen molar-refractivity contribution in [2.75, 3.05) is 7.11 Å². The minimum Gasteiger partial charge on any atom is -0.465 e. The second kappa shape index (κ2) is 11.3. The van der Waals surface area contributed by atoms with E-state index in [0.717, 1.165) is 12.0 Å². The number of hydrogen-bond acceptors (Lipinski definition) is 5. The first-order valence-electron chi connectivity index (χ1n) is 10.5. The Morgan fingerprint density at radius 1 is 1.09 bits per heavy atom. The van der Waals surface area contributed by atoms with Gasteiger partial charge in [0.2, 0.25) is 6.41 Å². The highest BCUT2D eigenvalue weighted by atomic mass is 16.6. The first kappa shape index (κ1) is 24.9. The second-order valence-corrected chi connectivity index (χ2v) is 8.62. The van der Waals surface area contributed by atoms with Crippen LogP contribution in [0.3, 0.4) is 0 Å². The zero-order valence-electron chi connectivity index (χ0n) is 19.4. The summed E-state index contributed by atoms with van der Waals surface area (Å²) in [6.45, 7) is 8.87. The molecule has 1 aliphatic rings. The van der Waals surface area contributed by atoms with Crippen LogP contribution < -0.4 is 5.32 Å². The Kier molecular flexibility index (Phi) is 8.81. The van der Waals surface area contributed by atoms with Crippen molar-refractivity contribution in [3.05, 3.63) is 70.8 Å². The zero-order valence-corrected chi connectivity index (χ0v) is 19.4. The third-order valence-corrected chi connectivity index (χ3v) is 4.90. The van der Waals surface area contributed by atoms with Gasteiger partial charge in [0.1, 0.15) is 5.60 Å². The minimum atomic E-state index is -0.437.